The molecule has 0 saturated heterocycles. The molecule has 1 unspecified atom stereocenters. The molecule has 1 nitrogen and oxygen atoms in total. The molecule has 0 heterocycles. The van der Waals surface area contributed by atoms with Crippen LogP contribution in [0.1, 0.15) is 17.0 Å². The second kappa shape index (κ2) is 4.83. The lowest BCUT2D eigenvalue weighted by molar-refractivity contribution is 1.04. The molecule has 0 saturated carbocycles. The number of benzene rings is 2. The first-order valence-electron chi connectivity index (χ1n) is 5.02. The van der Waals surface area contributed by atoms with E-state index >= 15 is 0 Å². The number of halogens is 1. The zero-order chi connectivity index (χ0) is 11.4. The van der Waals surface area contributed by atoms with Crippen molar-refractivity contribution in [2.24, 2.45) is 0 Å². The van der Waals surface area contributed by atoms with Crippen LogP contribution in [0.5, 0.6) is 0 Å². The highest BCUT2D eigenvalue weighted by Crippen LogP contribution is 2.29. The molecule has 0 fully saturated rings. The fourth-order valence-corrected chi connectivity index (χ4v) is 1.92. The van der Waals surface area contributed by atoms with Gasteiger partial charge in [0.25, 0.3) is 0 Å². The van der Waals surface area contributed by atoms with Crippen LogP contribution in [0.15, 0.2) is 54.6 Å². The van der Waals surface area contributed by atoms with Gasteiger partial charge in [0.2, 0.25) is 0 Å². The van der Waals surface area contributed by atoms with Crippen LogP contribution in [0.25, 0.3) is 0 Å². The Morgan fingerprint density at radius 3 is 2.19 bits per heavy atom. The third-order valence-corrected chi connectivity index (χ3v) is 2.82. The molecule has 78 valence electrons. The number of hydrogen-bond donors (Lipinski definition) is 0. The van der Waals surface area contributed by atoms with Crippen molar-refractivity contribution >= 4 is 11.6 Å². The van der Waals surface area contributed by atoms with E-state index in [1.165, 1.54) is 0 Å². The third kappa shape index (κ3) is 2.08. The number of nitrogens with zero attached hydrogens (tertiary/aromatic N) is 1. The van der Waals surface area contributed by atoms with Gasteiger partial charge in [-0.25, -0.2) is 0 Å². The quantitative estimate of drug-likeness (QED) is 0.761. The fraction of sp³-hybridized carbons (Fsp3) is 0.0714. The highest BCUT2D eigenvalue weighted by Gasteiger charge is 2.15. The van der Waals surface area contributed by atoms with E-state index in [4.69, 9.17) is 11.6 Å². The van der Waals surface area contributed by atoms with E-state index in [1.807, 2.05) is 54.6 Å². The van der Waals surface area contributed by atoms with E-state index in [2.05, 4.69) is 6.07 Å². The van der Waals surface area contributed by atoms with Gasteiger partial charge in [0, 0.05) is 5.02 Å². The van der Waals surface area contributed by atoms with Crippen molar-refractivity contribution in [1.29, 1.82) is 5.26 Å². The second-order valence-corrected chi connectivity index (χ2v) is 3.90. The van der Waals surface area contributed by atoms with Crippen LogP contribution in [0, 0.1) is 11.3 Å². The normalized spacial score (nSPS) is 11.8. The van der Waals surface area contributed by atoms with Crippen LogP contribution in [0.3, 0.4) is 0 Å². The van der Waals surface area contributed by atoms with E-state index in [9.17, 15) is 5.26 Å². The van der Waals surface area contributed by atoms with Gasteiger partial charge in [0.1, 0.15) is 0 Å². The van der Waals surface area contributed by atoms with Crippen molar-refractivity contribution in [3.05, 3.63) is 70.7 Å². The molecule has 0 aliphatic heterocycles. The van der Waals surface area contributed by atoms with Crippen LogP contribution in [0.4, 0.5) is 0 Å². The summed E-state index contributed by atoms with van der Waals surface area (Å²) in [6.45, 7) is 0. The van der Waals surface area contributed by atoms with Crippen LogP contribution in [-0.4, -0.2) is 0 Å². The Bertz CT molecular complexity index is 514. The standard InChI is InChI=1S/C14H10ClN/c15-14-9-5-4-8-12(14)13(10-16)11-6-2-1-3-7-11/h1-9,13H. The SMILES string of the molecule is N#CC(c1ccccc1)c1ccccc1Cl. The molecule has 2 rings (SSSR count). The highest BCUT2D eigenvalue weighted by molar-refractivity contribution is 6.31. The Hall–Kier alpha value is -1.78. The lowest BCUT2D eigenvalue weighted by atomic mass is 9.93. The van der Waals surface area contributed by atoms with Crippen LogP contribution in [-0.2, 0) is 0 Å². The first-order valence-corrected chi connectivity index (χ1v) is 5.39. The predicted molar refractivity (Wildman–Crippen MR) is 65.4 cm³/mol. The zero-order valence-electron chi connectivity index (χ0n) is 8.60. The Labute approximate surface area is 99.9 Å². The molecule has 2 aromatic rings. The van der Waals surface area contributed by atoms with Crippen LogP contribution < -0.4 is 0 Å². The van der Waals surface area contributed by atoms with Gasteiger partial charge in [-0.3, -0.25) is 0 Å². The van der Waals surface area contributed by atoms with E-state index in [0.29, 0.717) is 5.02 Å². The van der Waals surface area contributed by atoms with Crippen molar-refractivity contribution in [1.82, 2.24) is 0 Å². The van der Waals surface area contributed by atoms with Crippen molar-refractivity contribution < 1.29 is 0 Å². The molecule has 0 N–H and O–H groups in total. The highest BCUT2D eigenvalue weighted by atomic mass is 35.5. The minimum Gasteiger partial charge on any atom is -0.197 e. The third-order valence-electron chi connectivity index (χ3n) is 2.48. The lowest BCUT2D eigenvalue weighted by Crippen LogP contribution is -1.98. The van der Waals surface area contributed by atoms with Crippen molar-refractivity contribution in [3.8, 4) is 6.07 Å². The molecule has 0 spiro atoms. The molecule has 2 aromatic carbocycles. The van der Waals surface area contributed by atoms with Crippen molar-refractivity contribution in [2.75, 3.05) is 0 Å². The Balaban J connectivity index is 2.47. The summed E-state index contributed by atoms with van der Waals surface area (Å²) in [5.41, 5.74) is 1.83. The van der Waals surface area contributed by atoms with E-state index < -0.39 is 0 Å². The number of nitriles is 1. The summed E-state index contributed by atoms with van der Waals surface area (Å²) in [4.78, 5) is 0. The van der Waals surface area contributed by atoms with Gasteiger partial charge in [0.15, 0.2) is 0 Å². The molecule has 0 amide bonds. The molecule has 1 atom stereocenters. The summed E-state index contributed by atoms with van der Waals surface area (Å²) in [6.07, 6.45) is 0. The molecular weight excluding hydrogens is 218 g/mol. The van der Waals surface area contributed by atoms with Crippen LogP contribution >= 0.6 is 11.6 Å². The van der Waals surface area contributed by atoms with Crippen molar-refractivity contribution in [2.45, 2.75) is 5.92 Å². The first kappa shape index (κ1) is 10.7. The monoisotopic (exact) mass is 227 g/mol. The largest absolute Gasteiger partial charge is 0.197 e. The molecule has 0 aliphatic rings. The molecule has 16 heavy (non-hydrogen) atoms. The maximum absolute atomic E-state index is 9.25. The Kier molecular flexibility index (Phi) is 3.24. The summed E-state index contributed by atoms with van der Waals surface area (Å²) < 4.78 is 0. The maximum Gasteiger partial charge on any atom is 0.0977 e. The fourth-order valence-electron chi connectivity index (χ4n) is 1.68. The summed E-state index contributed by atoms with van der Waals surface area (Å²) >= 11 is 6.10. The predicted octanol–water partition coefficient (Wildman–Crippen LogP) is 4.00. The molecule has 2 heteroatoms. The van der Waals surface area contributed by atoms with Gasteiger partial charge in [-0.05, 0) is 17.2 Å². The molecule has 0 aliphatic carbocycles. The molecule has 0 radical (unpaired) electrons. The zero-order valence-corrected chi connectivity index (χ0v) is 9.35. The maximum atomic E-state index is 9.25. The number of hydrogen-bond acceptors (Lipinski definition) is 1. The molecule has 0 bridgehead atoms. The second-order valence-electron chi connectivity index (χ2n) is 3.49. The summed E-state index contributed by atoms with van der Waals surface area (Å²) in [5.74, 6) is -0.296. The minimum absolute atomic E-state index is 0.296. The van der Waals surface area contributed by atoms with E-state index in [1.54, 1.807) is 0 Å². The van der Waals surface area contributed by atoms with Gasteiger partial charge < -0.3 is 0 Å². The average Bonchev–Trinajstić information content (AvgIpc) is 2.34. The smallest absolute Gasteiger partial charge is 0.0977 e. The summed E-state index contributed by atoms with van der Waals surface area (Å²) in [5, 5.41) is 9.89. The lowest BCUT2D eigenvalue weighted by Gasteiger charge is -2.11. The van der Waals surface area contributed by atoms with Gasteiger partial charge in [-0.2, -0.15) is 5.26 Å². The van der Waals surface area contributed by atoms with Gasteiger partial charge in [-0.1, -0.05) is 60.1 Å². The van der Waals surface area contributed by atoms with Crippen molar-refractivity contribution in [3.63, 3.8) is 0 Å². The number of rotatable bonds is 2. The molecular formula is C14H10ClN. The Morgan fingerprint density at radius 1 is 0.938 bits per heavy atom. The summed E-state index contributed by atoms with van der Waals surface area (Å²) in [7, 11) is 0. The van der Waals surface area contributed by atoms with Gasteiger partial charge >= 0.3 is 0 Å². The molecule has 0 aromatic heterocycles. The van der Waals surface area contributed by atoms with Gasteiger partial charge in [-0.15, -0.1) is 0 Å². The minimum atomic E-state index is -0.296. The average molecular weight is 228 g/mol. The van der Waals surface area contributed by atoms with E-state index in [0.717, 1.165) is 11.1 Å². The van der Waals surface area contributed by atoms with Gasteiger partial charge in [0.05, 0.1) is 12.0 Å². The van der Waals surface area contributed by atoms with E-state index in [-0.39, 0.29) is 5.92 Å². The summed E-state index contributed by atoms with van der Waals surface area (Å²) in [6, 6.07) is 19.4. The topological polar surface area (TPSA) is 23.8 Å². The Morgan fingerprint density at radius 2 is 1.56 bits per heavy atom. The van der Waals surface area contributed by atoms with Crippen LogP contribution in [0.2, 0.25) is 5.02 Å². The first-order chi connectivity index (χ1) is 7.83.